The first-order valence-corrected chi connectivity index (χ1v) is 6.72. The van der Waals surface area contributed by atoms with Gasteiger partial charge in [-0.15, -0.1) is 0 Å². The molecular weight excluding hydrogens is 268 g/mol. The number of nitrogens with zero attached hydrogens (tertiary/aromatic N) is 2. The molecule has 0 spiro atoms. The number of aromatic nitrogens is 1. The summed E-state index contributed by atoms with van der Waals surface area (Å²) in [7, 11) is 1.92. The number of rotatable bonds is 5. The largest absolute Gasteiger partial charge is 0.454 e. The van der Waals surface area contributed by atoms with Crippen molar-refractivity contribution in [3.63, 3.8) is 0 Å². The van der Waals surface area contributed by atoms with Crippen LogP contribution >= 0.6 is 0 Å². The van der Waals surface area contributed by atoms with Crippen molar-refractivity contribution in [3.05, 3.63) is 53.9 Å². The summed E-state index contributed by atoms with van der Waals surface area (Å²) < 4.78 is 10.5. The maximum Gasteiger partial charge on any atom is 0.231 e. The average Bonchev–Trinajstić information content (AvgIpc) is 2.95. The van der Waals surface area contributed by atoms with Crippen LogP contribution in [0.25, 0.3) is 0 Å². The zero-order valence-electron chi connectivity index (χ0n) is 11.8. The van der Waals surface area contributed by atoms with Crippen molar-refractivity contribution in [2.45, 2.75) is 6.54 Å². The highest BCUT2D eigenvalue weighted by Crippen LogP contribution is 2.32. The second-order valence-corrected chi connectivity index (χ2v) is 5.02. The molecule has 1 aromatic heterocycles. The van der Waals surface area contributed by atoms with E-state index in [4.69, 9.17) is 9.47 Å². The van der Waals surface area contributed by atoms with E-state index < -0.39 is 0 Å². The Labute approximate surface area is 123 Å². The lowest BCUT2D eigenvalue weighted by Crippen LogP contribution is -2.25. The normalized spacial score (nSPS) is 12.7. The topological polar surface area (TPSA) is 51.7 Å². The van der Waals surface area contributed by atoms with Gasteiger partial charge in [0.05, 0.1) is 6.54 Å². The number of hydrogen-bond donors (Lipinski definition) is 0. The lowest BCUT2D eigenvalue weighted by molar-refractivity contribution is 0.0942. The zero-order chi connectivity index (χ0) is 14.7. The summed E-state index contributed by atoms with van der Waals surface area (Å²) in [5, 5.41) is 0. The number of ether oxygens (including phenoxy) is 2. The lowest BCUT2D eigenvalue weighted by atomic mass is 10.1. The predicted octanol–water partition coefficient (Wildman–Crippen LogP) is 2.12. The Balaban J connectivity index is 1.63. The number of Topliss-reactive ketones (excluding diaryl/α,β-unsaturated/α-hetero) is 1. The number of benzene rings is 1. The van der Waals surface area contributed by atoms with Crippen molar-refractivity contribution in [3.8, 4) is 11.5 Å². The minimum absolute atomic E-state index is 0.0601. The third kappa shape index (κ3) is 3.20. The fourth-order valence-electron chi connectivity index (χ4n) is 2.26. The van der Waals surface area contributed by atoms with E-state index in [1.54, 1.807) is 30.6 Å². The van der Waals surface area contributed by atoms with Gasteiger partial charge in [0.1, 0.15) is 0 Å². The van der Waals surface area contributed by atoms with Gasteiger partial charge in [-0.05, 0) is 42.9 Å². The highest BCUT2D eigenvalue weighted by Gasteiger charge is 2.17. The van der Waals surface area contributed by atoms with Crippen LogP contribution in [0.1, 0.15) is 15.9 Å². The number of likely N-dealkylation sites (N-methyl/N-ethyl adjacent to an activating group) is 1. The molecule has 0 N–H and O–H groups in total. The Morgan fingerprint density at radius 1 is 1.19 bits per heavy atom. The van der Waals surface area contributed by atoms with Crippen molar-refractivity contribution in [2.24, 2.45) is 0 Å². The Bertz CT molecular complexity index is 643. The first kappa shape index (κ1) is 13.6. The predicted molar refractivity (Wildman–Crippen MR) is 77.5 cm³/mol. The van der Waals surface area contributed by atoms with Crippen LogP contribution in [0.2, 0.25) is 0 Å². The lowest BCUT2D eigenvalue weighted by Gasteiger charge is -2.15. The number of fused-ring (bicyclic) bond motifs is 1. The number of hydrogen-bond acceptors (Lipinski definition) is 5. The van der Waals surface area contributed by atoms with Gasteiger partial charge >= 0.3 is 0 Å². The fraction of sp³-hybridized carbons (Fsp3) is 0.250. The molecule has 108 valence electrons. The summed E-state index contributed by atoms with van der Waals surface area (Å²) in [4.78, 5) is 18.3. The monoisotopic (exact) mass is 284 g/mol. The van der Waals surface area contributed by atoms with Gasteiger partial charge in [0.25, 0.3) is 0 Å². The van der Waals surface area contributed by atoms with E-state index >= 15 is 0 Å². The molecule has 0 bridgehead atoms. The van der Waals surface area contributed by atoms with Crippen molar-refractivity contribution in [1.82, 2.24) is 9.88 Å². The minimum atomic E-state index is 0.0601. The Kier molecular flexibility index (Phi) is 3.83. The van der Waals surface area contributed by atoms with E-state index in [1.165, 1.54) is 0 Å². The Morgan fingerprint density at radius 3 is 2.76 bits per heavy atom. The molecule has 0 amide bonds. The van der Waals surface area contributed by atoms with Crippen LogP contribution in [0, 0.1) is 0 Å². The van der Waals surface area contributed by atoms with Crippen molar-refractivity contribution < 1.29 is 14.3 Å². The van der Waals surface area contributed by atoms with Gasteiger partial charge in [0, 0.05) is 24.5 Å². The van der Waals surface area contributed by atoms with E-state index in [2.05, 4.69) is 4.98 Å². The van der Waals surface area contributed by atoms with Crippen LogP contribution in [0.3, 0.4) is 0 Å². The summed E-state index contributed by atoms with van der Waals surface area (Å²) in [6.07, 6.45) is 3.51. The maximum atomic E-state index is 12.3. The van der Waals surface area contributed by atoms with Crippen molar-refractivity contribution in [2.75, 3.05) is 20.4 Å². The molecule has 2 aromatic rings. The molecule has 3 rings (SSSR count). The number of carbonyl (C=O) groups excluding carboxylic acids is 1. The molecule has 0 radical (unpaired) electrons. The van der Waals surface area contributed by atoms with Gasteiger partial charge in [0.2, 0.25) is 6.79 Å². The van der Waals surface area contributed by atoms with E-state index in [9.17, 15) is 4.79 Å². The van der Waals surface area contributed by atoms with Crippen LogP contribution in [0.15, 0.2) is 42.7 Å². The smallest absolute Gasteiger partial charge is 0.231 e. The van der Waals surface area contributed by atoms with Crippen LogP contribution in [-0.4, -0.2) is 36.1 Å². The molecule has 5 nitrogen and oxygen atoms in total. The molecule has 0 saturated carbocycles. The first-order chi connectivity index (χ1) is 10.2. The Hall–Kier alpha value is -2.40. The molecule has 0 atom stereocenters. The van der Waals surface area contributed by atoms with E-state index in [0.717, 1.165) is 5.56 Å². The molecule has 0 unspecified atom stereocenters. The van der Waals surface area contributed by atoms with Gasteiger partial charge in [-0.1, -0.05) is 0 Å². The molecule has 1 aliphatic heterocycles. The second-order valence-electron chi connectivity index (χ2n) is 5.02. The van der Waals surface area contributed by atoms with E-state index in [1.807, 2.05) is 24.1 Å². The van der Waals surface area contributed by atoms with Gasteiger partial charge in [-0.25, -0.2) is 0 Å². The minimum Gasteiger partial charge on any atom is -0.454 e. The third-order valence-corrected chi connectivity index (χ3v) is 3.31. The van der Waals surface area contributed by atoms with Crippen LogP contribution in [0.4, 0.5) is 0 Å². The van der Waals surface area contributed by atoms with Gasteiger partial charge in [0.15, 0.2) is 17.3 Å². The summed E-state index contributed by atoms with van der Waals surface area (Å²) in [6, 6.07) is 9.18. The SMILES string of the molecule is CN(CC(=O)c1ccc2c(c1)OCO2)Cc1ccncc1. The van der Waals surface area contributed by atoms with E-state index in [0.29, 0.717) is 30.2 Å². The molecule has 21 heavy (non-hydrogen) atoms. The van der Waals surface area contributed by atoms with Crippen LogP contribution < -0.4 is 9.47 Å². The summed E-state index contributed by atoms with van der Waals surface area (Å²) >= 11 is 0. The van der Waals surface area contributed by atoms with Crippen LogP contribution in [0.5, 0.6) is 11.5 Å². The third-order valence-electron chi connectivity index (χ3n) is 3.31. The second kappa shape index (κ2) is 5.93. The van der Waals surface area contributed by atoms with Crippen LogP contribution in [-0.2, 0) is 6.54 Å². The maximum absolute atomic E-state index is 12.3. The molecular formula is C16H16N2O3. The van der Waals surface area contributed by atoms with Gasteiger partial charge in [-0.2, -0.15) is 0 Å². The summed E-state index contributed by atoms with van der Waals surface area (Å²) in [5.74, 6) is 1.39. The molecule has 0 fully saturated rings. The standard InChI is InChI=1S/C16H16N2O3/c1-18(9-12-4-6-17-7-5-12)10-14(19)13-2-3-15-16(8-13)21-11-20-15/h2-8H,9-11H2,1H3. The average molecular weight is 284 g/mol. The summed E-state index contributed by atoms with van der Waals surface area (Å²) in [6.45, 7) is 1.27. The first-order valence-electron chi connectivity index (χ1n) is 6.72. The highest BCUT2D eigenvalue weighted by atomic mass is 16.7. The Morgan fingerprint density at radius 2 is 1.95 bits per heavy atom. The molecule has 2 heterocycles. The quantitative estimate of drug-likeness (QED) is 0.787. The molecule has 0 saturated heterocycles. The fourth-order valence-corrected chi connectivity index (χ4v) is 2.26. The summed E-state index contributed by atoms with van der Waals surface area (Å²) in [5.41, 5.74) is 1.77. The number of pyridine rings is 1. The number of carbonyl (C=O) groups is 1. The number of ketones is 1. The molecule has 5 heteroatoms. The zero-order valence-corrected chi connectivity index (χ0v) is 11.8. The van der Waals surface area contributed by atoms with E-state index in [-0.39, 0.29) is 12.6 Å². The van der Waals surface area contributed by atoms with Crippen molar-refractivity contribution in [1.29, 1.82) is 0 Å². The highest BCUT2D eigenvalue weighted by molar-refractivity contribution is 5.98. The molecule has 1 aliphatic rings. The molecule has 0 aliphatic carbocycles. The molecule has 1 aromatic carbocycles. The van der Waals surface area contributed by atoms with Gasteiger partial charge in [-0.3, -0.25) is 14.7 Å². The van der Waals surface area contributed by atoms with Crippen molar-refractivity contribution >= 4 is 5.78 Å². The van der Waals surface area contributed by atoms with Gasteiger partial charge < -0.3 is 9.47 Å².